The van der Waals surface area contributed by atoms with Gasteiger partial charge >= 0.3 is 0 Å². The Morgan fingerprint density at radius 2 is 1.97 bits per heavy atom. The summed E-state index contributed by atoms with van der Waals surface area (Å²) in [6.07, 6.45) is 5.88. The molecule has 0 radical (unpaired) electrons. The number of fused-ring (bicyclic) bond motifs is 1. The van der Waals surface area contributed by atoms with Crippen LogP contribution in [0.4, 0.5) is 11.6 Å². The molecule has 1 fully saturated rings. The van der Waals surface area contributed by atoms with Crippen molar-refractivity contribution < 1.29 is 9.53 Å². The summed E-state index contributed by atoms with van der Waals surface area (Å²) >= 11 is 0. The van der Waals surface area contributed by atoms with Gasteiger partial charge in [0.1, 0.15) is 24.5 Å². The Hall–Kier alpha value is -3.27. The molecule has 1 N–H and O–H groups in total. The van der Waals surface area contributed by atoms with Crippen molar-refractivity contribution in [1.82, 2.24) is 30.0 Å². The lowest BCUT2D eigenvalue weighted by atomic mass is 10.2. The van der Waals surface area contributed by atoms with Gasteiger partial charge in [-0.25, -0.2) is 19.6 Å². The van der Waals surface area contributed by atoms with Crippen LogP contribution in [0.15, 0.2) is 36.9 Å². The molecule has 30 heavy (non-hydrogen) atoms. The van der Waals surface area contributed by atoms with E-state index < -0.39 is 0 Å². The maximum atomic E-state index is 12.2. The molecule has 3 aromatic heterocycles. The van der Waals surface area contributed by atoms with Crippen LogP contribution < -0.4 is 15.1 Å². The molecule has 10 heteroatoms. The number of anilines is 2. The highest BCUT2D eigenvalue weighted by atomic mass is 16.5. The first-order valence-corrected chi connectivity index (χ1v) is 10.1. The number of hydrogen-bond acceptors (Lipinski definition) is 8. The fraction of sp³-hybridized carbons (Fsp3) is 0.450. The molecule has 4 rings (SSSR count). The Kier molecular flexibility index (Phi) is 6.33. The van der Waals surface area contributed by atoms with Gasteiger partial charge in [0.05, 0.1) is 11.6 Å². The number of hydrogen-bond donors (Lipinski definition) is 1. The molecule has 0 spiro atoms. The summed E-state index contributed by atoms with van der Waals surface area (Å²) in [6, 6.07) is 5.96. The lowest BCUT2D eigenvalue weighted by molar-refractivity contribution is -0.121. The Labute approximate surface area is 174 Å². The van der Waals surface area contributed by atoms with Crippen molar-refractivity contribution in [3.8, 4) is 0 Å². The van der Waals surface area contributed by atoms with Gasteiger partial charge in [-0.05, 0) is 18.6 Å². The smallest absolute Gasteiger partial charge is 0.241 e. The number of nitrogens with one attached hydrogen (secondary N) is 1. The number of carbonyl (C=O) groups excluding carboxylic acids is 1. The molecular formula is C20H26N8O2. The van der Waals surface area contributed by atoms with Crippen LogP contribution in [0.5, 0.6) is 0 Å². The van der Waals surface area contributed by atoms with Gasteiger partial charge < -0.3 is 19.9 Å². The second kappa shape index (κ2) is 9.49. The zero-order valence-electron chi connectivity index (χ0n) is 17.1. The summed E-state index contributed by atoms with van der Waals surface area (Å²) in [5, 5.41) is 8.11. The van der Waals surface area contributed by atoms with Gasteiger partial charge in [0.25, 0.3) is 0 Å². The number of methoxy groups -OCH3 is 1. The molecule has 0 bridgehead atoms. The van der Waals surface area contributed by atoms with Crippen LogP contribution in [0.25, 0.3) is 11.0 Å². The quantitative estimate of drug-likeness (QED) is 0.542. The first-order chi connectivity index (χ1) is 14.8. The summed E-state index contributed by atoms with van der Waals surface area (Å²) in [5.41, 5.74) is 0.666. The largest absolute Gasteiger partial charge is 0.385 e. The molecule has 1 aliphatic heterocycles. The average molecular weight is 410 g/mol. The van der Waals surface area contributed by atoms with Crippen LogP contribution in [-0.4, -0.2) is 77.1 Å². The van der Waals surface area contributed by atoms with Crippen LogP contribution in [0.1, 0.15) is 6.42 Å². The zero-order valence-corrected chi connectivity index (χ0v) is 17.1. The van der Waals surface area contributed by atoms with Gasteiger partial charge in [0.2, 0.25) is 5.91 Å². The van der Waals surface area contributed by atoms with Crippen LogP contribution in [0.2, 0.25) is 0 Å². The molecule has 0 unspecified atom stereocenters. The van der Waals surface area contributed by atoms with E-state index in [9.17, 15) is 4.79 Å². The fourth-order valence-electron chi connectivity index (χ4n) is 3.57. The summed E-state index contributed by atoms with van der Waals surface area (Å²) in [6.45, 7) is 4.70. The number of piperazine rings is 1. The SMILES string of the molecule is COCCCNC(=O)Cn1ncc2c(N3CCN(c4ccccn4)CC3)ncnc21. The highest BCUT2D eigenvalue weighted by molar-refractivity contribution is 5.88. The number of pyridine rings is 1. The Balaban J connectivity index is 1.42. The lowest BCUT2D eigenvalue weighted by Gasteiger charge is -2.36. The van der Waals surface area contributed by atoms with Crippen LogP contribution in [0.3, 0.4) is 0 Å². The van der Waals surface area contributed by atoms with Crippen LogP contribution >= 0.6 is 0 Å². The van der Waals surface area contributed by atoms with Gasteiger partial charge in [0.15, 0.2) is 5.65 Å². The van der Waals surface area contributed by atoms with E-state index in [0.717, 1.165) is 49.6 Å². The van der Waals surface area contributed by atoms with Crippen molar-refractivity contribution in [2.75, 3.05) is 56.2 Å². The minimum absolute atomic E-state index is 0.0970. The first kappa shape index (κ1) is 20.0. The van der Waals surface area contributed by atoms with Gasteiger partial charge in [-0.3, -0.25) is 4.79 Å². The van der Waals surface area contributed by atoms with E-state index in [1.165, 1.54) is 6.33 Å². The molecule has 0 saturated carbocycles. The van der Waals surface area contributed by atoms with E-state index in [2.05, 4.69) is 35.2 Å². The fourth-order valence-corrected chi connectivity index (χ4v) is 3.57. The average Bonchev–Trinajstić information content (AvgIpc) is 3.20. The molecule has 0 aromatic carbocycles. The molecule has 1 saturated heterocycles. The third kappa shape index (κ3) is 4.48. The van der Waals surface area contributed by atoms with Gasteiger partial charge in [-0.15, -0.1) is 0 Å². The Morgan fingerprint density at radius 3 is 2.73 bits per heavy atom. The highest BCUT2D eigenvalue weighted by Gasteiger charge is 2.22. The first-order valence-electron chi connectivity index (χ1n) is 10.1. The summed E-state index contributed by atoms with van der Waals surface area (Å²) < 4.78 is 6.61. The molecular weight excluding hydrogens is 384 g/mol. The number of amides is 1. The number of ether oxygens (including phenoxy) is 1. The van der Waals surface area contributed by atoms with Crippen molar-refractivity contribution >= 4 is 28.6 Å². The van der Waals surface area contributed by atoms with Crippen molar-refractivity contribution in [2.24, 2.45) is 0 Å². The van der Waals surface area contributed by atoms with Gasteiger partial charge in [0, 0.05) is 52.6 Å². The third-order valence-electron chi connectivity index (χ3n) is 5.11. The number of aromatic nitrogens is 5. The van der Waals surface area contributed by atoms with Crippen LogP contribution in [0, 0.1) is 0 Å². The second-order valence-electron chi connectivity index (χ2n) is 7.10. The summed E-state index contributed by atoms with van der Waals surface area (Å²) in [7, 11) is 1.65. The van der Waals surface area contributed by atoms with Crippen molar-refractivity contribution in [1.29, 1.82) is 0 Å². The van der Waals surface area contributed by atoms with Gasteiger partial charge in [-0.2, -0.15) is 5.10 Å². The molecule has 10 nitrogen and oxygen atoms in total. The molecule has 1 amide bonds. The van der Waals surface area contributed by atoms with E-state index in [1.807, 2.05) is 24.4 Å². The highest BCUT2D eigenvalue weighted by Crippen LogP contribution is 2.24. The number of carbonyl (C=O) groups is 1. The number of rotatable bonds is 8. The predicted octanol–water partition coefficient (Wildman–Crippen LogP) is 0.701. The van der Waals surface area contributed by atoms with E-state index in [1.54, 1.807) is 18.0 Å². The predicted molar refractivity (Wildman–Crippen MR) is 113 cm³/mol. The number of nitrogens with zero attached hydrogens (tertiary/aromatic N) is 7. The molecule has 4 heterocycles. The maximum absolute atomic E-state index is 12.2. The normalized spacial score (nSPS) is 14.3. The molecule has 0 atom stereocenters. The van der Waals surface area contributed by atoms with E-state index in [-0.39, 0.29) is 12.5 Å². The summed E-state index contributed by atoms with van der Waals surface area (Å²) in [5.74, 6) is 1.75. The minimum Gasteiger partial charge on any atom is -0.385 e. The molecule has 1 aliphatic rings. The van der Waals surface area contributed by atoms with Crippen molar-refractivity contribution in [3.63, 3.8) is 0 Å². The van der Waals surface area contributed by atoms with Crippen molar-refractivity contribution in [3.05, 3.63) is 36.9 Å². The molecule has 3 aromatic rings. The van der Waals surface area contributed by atoms with E-state index in [4.69, 9.17) is 4.74 Å². The zero-order chi connectivity index (χ0) is 20.8. The minimum atomic E-state index is -0.0970. The third-order valence-corrected chi connectivity index (χ3v) is 5.11. The Morgan fingerprint density at radius 1 is 1.13 bits per heavy atom. The Bertz CT molecular complexity index is 969. The van der Waals surface area contributed by atoms with E-state index >= 15 is 0 Å². The maximum Gasteiger partial charge on any atom is 0.241 e. The standard InChI is InChI=1S/C20H26N8O2/c1-30-12-4-7-22-18(29)14-28-20-16(13-25-28)19(23-15-24-20)27-10-8-26(9-11-27)17-5-2-3-6-21-17/h2-3,5-6,13,15H,4,7-12,14H2,1H3,(H,22,29). The van der Waals surface area contributed by atoms with Crippen LogP contribution in [-0.2, 0) is 16.1 Å². The molecule has 158 valence electrons. The summed E-state index contributed by atoms with van der Waals surface area (Å²) in [4.78, 5) is 30.0. The second-order valence-corrected chi connectivity index (χ2v) is 7.10. The van der Waals surface area contributed by atoms with Gasteiger partial charge in [-0.1, -0.05) is 6.07 Å². The molecule has 0 aliphatic carbocycles. The monoisotopic (exact) mass is 410 g/mol. The van der Waals surface area contributed by atoms with E-state index in [0.29, 0.717) is 18.8 Å². The topological polar surface area (TPSA) is 101 Å². The lowest BCUT2D eigenvalue weighted by Crippen LogP contribution is -2.47. The van der Waals surface area contributed by atoms with Crippen molar-refractivity contribution in [2.45, 2.75) is 13.0 Å².